The molecule has 1 nitrogen and oxygen atoms in total. The molecule has 0 aliphatic rings. The van der Waals surface area contributed by atoms with Crippen LogP contribution in [0.25, 0.3) is 0 Å². The Morgan fingerprint density at radius 3 is 2.50 bits per heavy atom. The maximum Gasteiger partial charge on any atom is 0.129 e. The Balaban J connectivity index is 2.55. The molecular weight excluding hydrogens is 449 g/mol. The summed E-state index contributed by atoms with van der Waals surface area (Å²) in [6.07, 6.45) is 0. The molecule has 1 N–H and O–H groups in total. The molecule has 0 aliphatic carbocycles. The van der Waals surface area contributed by atoms with Crippen LogP contribution in [0.1, 0.15) is 17.2 Å². The van der Waals surface area contributed by atoms with Gasteiger partial charge in [0, 0.05) is 10.0 Å². The quantitative estimate of drug-likeness (QED) is 0.643. The summed E-state index contributed by atoms with van der Waals surface area (Å²) in [5, 5.41) is 3.16. The number of nitrogens with one attached hydrogen (secondary N) is 1. The molecule has 0 aliphatic heterocycles. The molecule has 96 valence electrons. The number of hydrogen-bond donors (Lipinski definition) is 1. The molecule has 0 radical (unpaired) electrons. The highest BCUT2D eigenvalue weighted by Crippen LogP contribution is 2.40. The zero-order valence-electron chi connectivity index (χ0n) is 9.31. The molecule has 1 aromatic heterocycles. The van der Waals surface area contributed by atoms with Crippen LogP contribution in [0.15, 0.2) is 36.3 Å². The Labute approximate surface area is 134 Å². The van der Waals surface area contributed by atoms with E-state index in [1.807, 2.05) is 19.2 Å². The molecule has 2 aromatic rings. The van der Waals surface area contributed by atoms with Crippen LogP contribution in [0.3, 0.4) is 0 Å². The second-order valence-corrected chi connectivity index (χ2v) is 8.24. The van der Waals surface area contributed by atoms with E-state index in [4.69, 9.17) is 0 Å². The third kappa shape index (κ3) is 2.88. The van der Waals surface area contributed by atoms with E-state index in [1.54, 1.807) is 17.4 Å². The molecule has 1 unspecified atom stereocenters. The van der Waals surface area contributed by atoms with E-state index in [9.17, 15) is 4.39 Å². The number of hydrogen-bond acceptors (Lipinski definition) is 2. The lowest BCUT2D eigenvalue weighted by Crippen LogP contribution is -2.19. The SMILES string of the molecule is CNC(c1cc(Br)sc1Br)c1c(F)cccc1Br. The zero-order valence-corrected chi connectivity index (χ0v) is 14.9. The van der Waals surface area contributed by atoms with Crippen LogP contribution >= 0.6 is 59.1 Å². The maximum atomic E-state index is 14.0. The minimum atomic E-state index is -0.224. The third-order valence-electron chi connectivity index (χ3n) is 2.57. The van der Waals surface area contributed by atoms with Crippen LogP contribution in [-0.2, 0) is 0 Å². The van der Waals surface area contributed by atoms with E-state index in [0.717, 1.165) is 17.6 Å². The van der Waals surface area contributed by atoms with E-state index in [1.165, 1.54) is 6.07 Å². The fraction of sp³-hybridized carbons (Fsp3) is 0.167. The average molecular weight is 458 g/mol. The van der Waals surface area contributed by atoms with Gasteiger partial charge in [0.2, 0.25) is 0 Å². The van der Waals surface area contributed by atoms with Gasteiger partial charge in [0.15, 0.2) is 0 Å². The van der Waals surface area contributed by atoms with Crippen molar-refractivity contribution in [2.45, 2.75) is 6.04 Å². The van der Waals surface area contributed by atoms with Crippen LogP contribution in [0, 0.1) is 5.82 Å². The minimum Gasteiger partial charge on any atom is -0.309 e. The van der Waals surface area contributed by atoms with Gasteiger partial charge >= 0.3 is 0 Å². The van der Waals surface area contributed by atoms with Crippen molar-refractivity contribution in [3.05, 3.63) is 53.3 Å². The van der Waals surface area contributed by atoms with E-state index in [-0.39, 0.29) is 11.9 Å². The lowest BCUT2D eigenvalue weighted by atomic mass is 10.0. The van der Waals surface area contributed by atoms with Gasteiger partial charge in [-0.2, -0.15) is 0 Å². The van der Waals surface area contributed by atoms with E-state index >= 15 is 0 Å². The molecule has 2 rings (SSSR count). The second kappa shape index (κ2) is 6.13. The Bertz CT molecular complexity index is 550. The van der Waals surface area contributed by atoms with Gasteiger partial charge in [-0.3, -0.25) is 0 Å². The first-order valence-electron chi connectivity index (χ1n) is 5.10. The van der Waals surface area contributed by atoms with Gasteiger partial charge in [-0.05, 0) is 62.7 Å². The summed E-state index contributed by atoms with van der Waals surface area (Å²) in [5.74, 6) is -0.224. The van der Waals surface area contributed by atoms with Crippen molar-refractivity contribution in [2.24, 2.45) is 0 Å². The van der Waals surface area contributed by atoms with Crippen molar-refractivity contribution in [3.8, 4) is 0 Å². The third-order valence-corrected chi connectivity index (χ3v) is 5.65. The molecule has 1 heterocycles. The van der Waals surface area contributed by atoms with Crippen molar-refractivity contribution in [1.82, 2.24) is 5.32 Å². The fourth-order valence-corrected chi connectivity index (χ4v) is 5.26. The largest absolute Gasteiger partial charge is 0.309 e. The molecule has 0 amide bonds. The Morgan fingerprint density at radius 2 is 2.00 bits per heavy atom. The molecule has 6 heteroatoms. The zero-order chi connectivity index (χ0) is 13.3. The summed E-state index contributed by atoms with van der Waals surface area (Å²) in [5.41, 5.74) is 1.63. The monoisotopic (exact) mass is 455 g/mol. The molecule has 1 aromatic carbocycles. The van der Waals surface area contributed by atoms with Gasteiger partial charge in [-0.25, -0.2) is 4.39 Å². The van der Waals surface area contributed by atoms with Crippen molar-refractivity contribution in [1.29, 1.82) is 0 Å². The summed E-state index contributed by atoms with van der Waals surface area (Å²) < 4.78 is 16.8. The number of benzene rings is 1. The summed E-state index contributed by atoms with van der Waals surface area (Å²) in [7, 11) is 1.82. The molecule has 0 fully saturated rings. The first-order chi connectivity index (χ1) is 8.54. The van der Waals surface area contributed by atoms with E-state index < -0.39 is 0 Å². The summed E-state index contributed by atoms with van der Waals surface area (Å²) >= 11 is 11.9. The van der Waals surface area contributed by atoms with Gasteiger partial charge < -0.3 is 5.32 Å². The molecule has 0 bridgehead atoms. The average Bonchev–Trinajstić information content (AvgIpc) is 2.63. The molecule has 0 saturated heterocycles. The lowest BCUT2D eigenvalue weighted by molar-refractivity contribution is 0.574. The van der Waals surface area contributed by atoms with Crippen LogP contribution in [0.2, 0.25) is 0 Å². The first kappa shape index (κ1) is 14.7. The van der Waals surface area contributed by atoms with Crippen molar-refractivity contribution >= 4 is 59.1 Å². The number of halogens is 4. The number of rotatable bonds is 3. The first-order valence-corrected chi connectivity index (χ1v) is 8.30. The maximum absolute atomic E-state index is 14.0. The molecule has 1 atom stereocenters. The Hall–Kier alpha value is 0.250. The summed E-state index contributed by atoms with van der Waals surface area (Å²) in [6.45, 7) is 0. The fourth-order valence-electron chi connectivity index (χ4n) is 1.79. The molecule has 0 saturated carbocycles. The van der Waals surface area contributed by atoms with E-state index in [0.29, 0.717) is 5.56 Å². The van der Waals surface area contributed by atoms with Gasteiger partial charge in [-0.15, -0.1) is 11.3 Å². The predicted molar refractivity (Wildman–Crippen MR) is 84.7 cm³/mol. The Morgan fingerprint density at radius 1 is 1.28 bits per heavy atom. The highest BCUT2D eigenvalue weighted by Gasteiger charge is 2.22. The van der Waals surface area contributed by atoms with Gasteiger partial charge in [0.25, 0.3) is 0 Å². The van der Waals surface area contributed by atoms with Crippen LogP contribution < -0.4 is 5.32 Å². The van der Waals surface area contributed by atoms with Crippen molar-refractivity contribution in [3.63, 3.8) is 0 Å². The lowest BCUT2D eigenvalue weighted by Gasteiger charge is -2.18. The molecular formula is C12H9Br3FNS. The molecule has 18 heavy (non-hydrogen) atoms. The van der Waals surface area contributed by atoms with Crippen molar-refractivity contribution in [2.75, 3.05) is 7.05 Å². The molecule has 0 spiro atoms. The van der Waals surface area contributed by atoms with Gasteiger partial charge in [0.1, 0.15) is 5.82 Å². The van der Waals surface area contributed by atoms with Crippen LogP contribution in [0.5, 0.6) is 0 Å². The van der Waals surface area contributed by atoms with E-state index in [2.05, 4.69) is 53.1 Å². The summed E-state index contributed by atoms with van der Waals surface area (Å²) in [4.78, 5) is 0. The highest BCUT2D eigenvalue weighted by atomic mass is 79.9. The Kier molecular flexibility index (Phi) is 4.99. The van der Waals surface area contributed by atoms with Crippen LogP contribution in [0.4, 0.5) is 4.39 Å². The second-order valence-electron chi connectivity index (χ2n) is 3.64. The topological polar surface area (TPSA) is 12.0 Å². The normalized spacial score (nSPS) is 12.7. The summed E-state index contributed by atoms with van der Waals surface area (Å²) in [6, 6.07) is 6.80. The minimum absolute atomic E-state index is 0.197. The number of thiophene rings is 1. The smallest absolute Gasteiger partial charge is 0.129 e. The van der Waals surface area contributed by atoms with Gasteiger partial charge in [-0.1, -0.05) is 22.0 Å². The van der Waals surface area contributed by atoms with Crippen LogP contribution in [-0.4, -0.2) is 7.05 Å². The predicted octanol–water partition coefficient (Wildman–Crippen LogP) is 5.48. The highest BCUT2D eigenvalue weighted by molar-refractivity contribution is 9.12. The standard InChI is InChI=1S/C12H9Br3FNS/c1-17-11(6-5-9(14)18-12(6)15)10-7(13)3-2-4-8(10)16/h2-5,11,17H,1H3. The van der Waals surface area contributed by atoms with Gasteiger partial charge in [0.05, 0.1) is 13.6 Å². The van der Waals surface area contributed by atoms with Crippen molar-refractivity contribution < 1.29 is 4.39 Å².